The fraction of sp³-hybridized carbons (Fsp3) is 1.00. The molecule has 0 saturated carbocycles. The minimum absolute atomic E-state index is 0.0906. The molecule has 12 nitrogen and oxygen atoms in total. The molecule has 14 heteroatoms. The fourth-order valence-corrected chi connectivity index (χ4v) is 2.82. The molecule has 0 aliphatic carbocycles. The molecule has 1 fully saturated rings. The first-order valence-electron chi connectivity index (χ1n) is 6.87. The monoisotopic (exact) mass is 395 g/mol. The Morgan fingerprint density at radius 3 is 2.54 bits per heavy atom. The number of aliphatic hydroxyl groups excluding tert-OH is 3. The van der Waals surface area contributed by atoms with Gasteiger partial charge in [0, 0.05) is 0 Å². The zero-order valence-electron chi connectivity index (χ0n) is 12.7. The first-order chi connectivity index (χ1) is 11.0. The van der Waals surface area contributed by atoms with E-state index in [0.717, 1.165) is 0 Å². The summed E-state index contributed by atoms with van der Waals surface area (Å²) in [6.07, 6.45) is -6.78. The van der Waals surface area contributed by atoms with Crippen molar-refractivity contribution in [2.45, 2.75) is 50.2 Å². The van der Waals surface area contributed by atoms with Crippen molar-refractivity contribution in [3.05, 3.63) is 0 Å². The van der Waals surface area contributed by atoms with Gasteiger partial charge in [0.15, 0.2) is 0 Å². The van der Waals surface area contributed by atoms with E-state index in [1.165, 1.54) is 0 Å². The third-order valence-electron chi connectivity index (χ3n) is 3.21. The average Bonchev–Trinajstić information content (AvgIpc) is 2.44. The Bertz CT molecular complexity index is 571. The molecule has 5 atom stereocenters. The predicted molar refractivity (Wildman–Crippen MR) is 76.9 cm³/mol. The SMILES string of the molecule is CCCCO[C@]1(C(O)OS(N)(=O)=O)OC[C@@H](O[SH](=O)=O)[C@@H](O)[C@@H]1O. The topological polar surface area (TPSA) is 192 Å². The number of rotatable bonds is 9. The lowest BCUT2D eigenvalue weighted by atomic mass is 9.96. The molecule has 1 saturated heterocycles. The molecule has 1 unspecified atom stereocenters. The summed E-state index contributed by atoms with van der Waals surface area (Å²) < 4.78 is 62.0. The van der Waals surface area contributed by atoms with Crippen molar-refractivity contribution in [1.82, 2.24) is 0 Å². The zero-order valence-corrected chi connectivity index (χ0v) is 14.4. The summed E-state index contributed by atoms with van der Waals surface area (Å²) in [5.41, 5.74) is 0. The van der Waals surface area contributed by atoms with Gasteiger partial charge in [0.25, 0.3) is 16.8 Å². The van der Waals surface area contributed by atoms with E-state index < -0.39 is 58.3 Å². The van der Waals surface area contributed by atoms with Gasteiger partial charge < -0.3 is 24.8 Å². The van der Waals surface area contributed by atoms with E-state index in [4.69, 9.17) is 9.47 Å². The lowest BCUT2D eigenvalue weighted by molar-refractivity contribution is -0.391. The molecule has 5 N–H and O–H groups in total. The molecule has 0 aromatic heterocycles. The van der Waals surface area contributed by atoms with Crippen molar-refractivity contribution >= 4 is 21.3 Å². The number of thiol groups is 1. The van der Waals surface area contributed by atoms with Gasteiger partial charge in [-0.15, -0.1) is 0 Å². The maximum absolute atomic E-state index is 11.0. The van der Waals surface area contributed by atoms with E-state index in [0.29, 0.717) is 12.8 Å². The minimum Gasteiger partial charge on any atom is -0.387 e. The van der Waals surface area contributed by atoms with Crippen molar-refractivity contribution in [3.63, 3.8) is 0 Å². The van der Waals surface area contributed by atoms with Crippen LogP contribution in [0.3, 0.4) is 0 Å². The van der Waals surface area contributed by atoms with Crippen LogP contribution in [0.5, 0.6) is 0 Å². The first-order valence-corrected chi connectivity index (χ1v) is 9.44. The van der Waals surface area contributed by atoms with Crippen LogP contribution in [0.15, 0.2) is 0 Å². The number of ether oxygens (including phenoxy) is 2. The molecule has 1 aliphatic rings. The van der Waals surface area contributed by atoms with E-state index in [1.807, 2.05) is 6.92 Å². The quantitative estimate of drug-likeness (QED) is 0.149. The molecule has 0 aromatic rings. The molecule has 0 spiro atoms. The summed E-state index contributed by atoms with van der Waals surface area (Å²) in [7, 11) is -8.00. The smallest absolute Gasteiger partial charge is 0.335 e. The van der Waals surface area contributed by atoms with Gasteiger partial charge in [0.2, 0.25) is 6.29 Å². The van der Waals surface area contributed by atoms with Gasteiger partial charge in [0.05, 0.1) is 13.2 Å². The minimum atomic E-state index is -4.65. The summed E-state index contributed by atoms with van der Waals surface area (Å²) in [5.74, 6) is -2.50. The Morgan fingerprint density at radius 1 is 1.42 bits per heavy atom. The molecule has 144 valence electrons. The van der Waals surface area contributed by atoms with Crippen LogP contribution in [0.2, 0.25) is 0 Å². The maximum atomic E-state index is 11.0. The van der Waals surface area contributed by atoms with Gasteiger partial charge in [-0.1, -0.05) is 13.3 Å². The number of nitrogens with two attached hydrogens (primary N) is 1. The second-order valence-electron chi connectivity index (χ2n) is 4.98. The fourth-order valence-electron chi connectivity index (χ4n) is 2.03. The molecule has 0 aromatic carbocycles. The number of unbranched alkanes of at least 4 members (excludes halogenated alkanes) is 1. The highest BCUT2D eigenvalue weighted by Gasteiger charge is 2.58. The molecule has 0 radical (unpaired) electrons. The summed E-state index contributed by atoms with van der Waals surface area (Å²) in [6, 6.07) is 0. The Morgan fingerprint density at radius 2 is 2.04 bits per heavy atom. The van der Waals surface area contributed by atoms with Crippen LogP contribution < -0.4 is 5.14 Å². The molecule has 0 bridgehead atoms. The average molecular weight is 395 g/mol. The molecule has 1 rings (SSSR count). The van der Waals surface area contributed by atoms with Crippen LogP contribution >= 0.6 is 0 Å². The van der Waals surface area contributed by atoms with Crippen LogP contribution in [0.25, 0.3) is 0 Å². The number of hydrogen-bond acceptors (Lipinski definition) is 11. The van der Waals surface area contributed by atoms with Crippen molar-refractivity contribution in [2.24, 2.45) is 5.14 Å². The Balaban J connectivity index is 3.05. The van der Waals surface area contributed by atoms with Crippen molar-refractivity contribution in [3.8, 4) is 0 Å². The van der Waals surface area contributed by atoms with E-state index in [-0.39, 0.29) is 6.61 Å². The molecule has 0 amide bonds. The zero-order chi connectivity index (χ0) is 18.5. The summed E-state index contributed by atoms with van der Waals surface area (Å²) in [4.78, 5) is 0. The third kappa shape index (κ3) is 5.55. The van der Waals surface area contributed by atoms with Crippen LogP contribution in [0.1, 0.15) is 19.8 Å². The van der Waals surface area contributed by atoms with Gasteiger partial charge in [-0.05, 0) is 6.42 Å². The highest BCUT2D eigenvalue weighted by molar-refractivity contribution is 7.84. The second kappa shape index (κ2) is 8.79. The highest BCUT2D eigenvalue weighted by Crippen LogP contribution is 2.33. The Labute approximate surface area is 140 Å². The van der Waals surface area contributed by atoms with Crippen LogP contribution in [-0.2, 0) is 39.1 Å². The van der Waals surface area contributed by atoms with E-state index in [1.54, 1.807) is 0 Å². The molecular formula is C10H21NO11S2. The van der Waals surface area contributed by atoms with Crippen LogP contribution in [-0.4, -0.2) is 75.8 Å². The summed E-state index contributed by atoms with van der Waals surface area (Å²) in [6.45, 7) is 1.08. The standard InChI is InChI=1S/C10H21NO11S2/c1-2-3-4-19-10(9(14)22-24(11,17)18)8(13)7(12)6(5-20-10)21-23(15)16/h6-9,12-14,23H,2-5H2,1H3,(H2,11,17,18)/t6-,7-,8+,9?,10+/m1/s1. The highest BCUT2D eigenvalue weighted by atomic mass is 32.2. The van der Waals surface area contributed by atoms with Crippen molar-refractivity contribution in [1.29, 1.82) is 0 Å². The molecule has 1 heterocycles. The lowest BCUT2D eigenvalue weighted by Gasteiger charge is -2.46. The van der Waals surface area contributed by atoms with Gasteiger partial charge in [-0.25, -0.2) is 17.7 Å². The Kier molecular flexibility index (Phi) is 7.92. The molecule has 24 heavy (non-hydrogen) atoms. The van der Waals surface area contributed by atoms with E-state index in [2.05, 4.69) is 13.5 Å². The number of hydrogen-bond donors (Lipinski definition) is 5. The largest absolute Gasteiger partial charge is 0.387 e. The number of aliphatic hydroxyl groups is 3. The van der Waals surface area contributed by atoms with E-state index in [9.17, 15) is 32.2 Å². The van der Waals surface area contributed by atoms with Crippen LogP contribution in [0, 0.1) is 0 Å². The Hall–Kier alpha value is -0.420. The van der Waals surface area contributed by atoms with Crippen molar-refractivity contribution < 1.29 is 50.0 Å². The van der Waals surface area contributed by atoms with Gasteiger partial charge >= 0.3 is 10.3 Å². The summed E-state index contributed by atoms with van der Waals surface area (Å²) >= 11 is 0. The lowest BCUT2D eigenvalue weighted by Crippen LogP contribution is -2.68. The maximum Gasteiger partial charge on any atom is 0.335 e. The first kappa shape index (κ1) is 21.6. The normalized spacial score (nSPS) is 32.8. The third-order valence-corrected chi connectivity index (χ3v) is 4.10. The second-order valence-corrected chi connectivity index (χ2v) is 6.81. The van der Waals surface area contributed by atoms with Gasteiger partial charge in [-0.2, -0.15) is 8.42 Å². The molecule has 1 aliphatic heterocycles. The van der Waals surface area contributed by atoms with Gasteiger partial charge in [-0.3, -0.25) is 4.18 Å². The van der Waals surface area contributed by atoms with Crippen molar-refractivity contribution in [2.75, 3.05) is 13.2 Å². The summed E-state index contributed by atoms with van der Waals surface area (Å²) in [5, 5.41) is 34.8. The molecular weight excluding hydrogens is 374 g/mol. The van der Waals surface area contributed by atoms with Crippen LogP contribution in [0.4, 0.5) is 0 Å². The van der Waals surface area contributed by atoms with Gasteiger partial charge in [0.1, 0.15) is 18.3 Å². The van der Waals surface area contributed by atoms with E-state index >= 15 is 0 Å². The predicted octanol–water partition coefficient (Wildman–Crippen LogP) is -3.30.